The molecule has 5 fully saturated rings. The summed E-state index contributed by atoms with van der Waals surface area (Å²) in [5, 5.41) is 112. The smallest absolute Gasteiger partial charge is 0.330 e. The van der Waals surface area contributed by atoms with Crippen molar-refractivity contribution in [2.45, 2.75) is 207 Å². The summed E-state index contributed by atoms with van der Waals surface area (Å²) in [7, 11) is 0. The molecule has 2 aromatic rings. The van der Waals surface area contributed by atoms with Crippen molar-refractivity contribution in [3.05, 3.63) is 152 Å². The normalized spacial score (nSPS) is 32.1. The van der Waals surface area contributed by atoms with E-state index in [2.05, 4.69) is 150 Å². The standard InChI is InChI=1S/C17H27N2O5P.C16H27N2O5P.3C15H25N2O4P/c1-5-6-7-11-10-19(17(23)18-15(11)22)16-14(21)13(20)12(24-16)8-9-25(2,3)4;1-5-6-10-9-18(16(22)17-14(10)21)15-13(20)12(19)11(23-15)7-8-24(2,3)4;2*1-10-16-12(18)6-8-17(10)14-15(2,20)13(19)11(21-14)7-9-22(3,4)5;1-10-16-11(18)6-8-17(10)14-12(19)13(20)15(2,21-14)7-9-22(3,4)5/h5,10,12-14,16,20-21H,1-2,6-9H2,3-4H3,(H,18,22,23);9,11-13,15,19-20H,2,5-8H2,1,3-4H3,(H,17,21,22);2*6,8,11,13-14,19-20H,1,3,7,9H2,2,4-5H3,(H,16,18);6,8,12-14,19-20H,1,3,7,9H2,2,4-5H3,(H,16,18)/t12-,13-,14-,16?;11-,12-,13-,15?;11-,13-,14-,15+;11-,13-,14-,15-;12-,13+,14-,15-/m11111/s1. The lowest BCUT2D eigenvalue weighted by Gasteiger charge is -2.37. The Labute approximate surface area is 675 Å². The molecule has 2 aromatic heterocycles. The number of carbonyl (C=O) groups excluding carboxylic acids is 3. The third-order valence-electron chi connectivity index (χ3n) is 20.5. The summed E-state index contributed by atoms with van der Waals surface area (Å²) in [6, 6.07) is 0. The van der Waals surface area contributed by atoms with Crippen molar-refractivity contribution in [1.29, 1.82) is 0 Å². The van der Waals surface area contributed by atoms with Crippen LogP contribution in [0.2, 0.25) is 0 Å². The maximum absolute atomic E-state index is 12.1. The van der Waals surface area contributed by atoms with Crippen LogP contribution < -0.4 is 38.4 Å². The summed E-state index contributed by atoms with van der Waals surface area (Å²) in [5.41, 5.74) is -5.14. The predicted molar refractivity (Wildman–Crippen MR) is 465 cm³/mol. The number of carbonyl (C=O) groups is 3. The lowest BCUT2D eigenvalue weighted by molar-refractivity contribution is -0.124. The van der Waals surface area contributed by atoms with Crippen LogP contribution in [0.3, 0.4) is 0 Å². The molecule has 20 atom stereocenters. The number of aryl methyl sites for hydroxylation is 2. The molecule has 0 aromatic carbocycles. The molecular formula is C78H129N10O22P5. The molecule has 648 valence electrons. The van der Waals surface area contributed by atoms with Gasteiger partial charge in [0.05, 0.1) is 30.0 Å². The van der Waals surface area contributed by atoms with E-state index in [1.54, 1.807) is 13.0 Å². The Kier molecular flexibility index (Phi) is 33.8. The molecule has 32 nitrogen and oxygen atoms in total. The van der Waals surface area contributed by atoms with Crippen LogP contribution in [-0.2, 0) is 50.9 Å². The van der Waals surface area contributed by atoms with Crippen molar-refractivity contribution < 1.29 is 89.1 Å². The van der Waals surface area contributed by atoms with Crippen LogP contribution in [0.4, 0.5) is 0 Å². The maximum Gasteiger partial charge on any atom is 0.330 e. The monoisotopic (exact) mass is 1710 g/mol. The summed E-state index contributed by atoms with van der Waals surface area (Å²) in [6.07, 6.45) is 28.0. The Balaban J connectivity index is 0.000000224. The van der Waals surface area contributed by atoms with E-state index in [9.17, 15) is 84.6 Å². The molecule has 5 saturated heterocycles. The molecular weight excluding hydrogens is 1580 g/mol. The number of nitrogens with one attached hydrogen (secondary N) is 5. The van der Waals surface area contributed by atoms with Gasteiger partial charge in [-0.15, -0.1) is 72.5 Å². The zero-order chi connectivity index (χ0) is 87.0. The third-order valence-corrected chi connectivity index (χ3v) is 27.9. The number of ether oxygens (including phenoxy) is 5. The number of aliphatic hydroxyl groups is 10. The average molecular weight is 1710 g/mol. The highest BCUT2D eigenvalue weighted by molar-refractivity contribution is 7.73. The molecule has 0 aliphatic carbocycles. The number of nitrogens with zero attached hydrogens (tertiary/aromatic N) is 5. The second kappa shape index (κ2) is 39.6. The Morgan fingerprint density at radius 2 is 0.783 bits per heavy atom. The van der Waals surface area contributed by atoms with Gasteiger partial charge in [0.25, 0.3) is 28.8 Å². The van der Waals surface area contributed by atoms with E-state index in [1.165, 1.54) is 82.3 Å². The number of aromatic amines is 2. The van der Waals surface area contributed by atoms with Crippen LogP contribution in [-0.4, -0.2) is 340 Å². The van der Waals surface area contributed by atoms with E-state index in [1.807, 2.05) is 6.92 Å². The van der Waals surface area contributed by atoms with E-state index in [0.29, 0.717) is 80.0 Å². The molecule has 15 N–H and O–H groups in total. The quantitative estimate of drug-likeness (QED) is 0.0496. The topological polar surface area (TPSA) is 455 Å². The number of amides is 3. The third kappa shape index (κ3) is 26.6. The van der Waals surface area contributed by atoms with Gasteiger partial charge in [0.1, 0.15) is 77.5 Å². The van der Waals surface area contributed by atoms with E-state index in [4.69, 9.17) is 23.7 Å². The van der Waals surface area contributed by atoms with Gasteiger partial charge in [-0.25, -0.2) is 9.59 Å². The van der Waals surface area contributed by atoms with Crippen molar-refractivity contribution in [2.24, 2.45) is 0 Å². The Morgan fingerprint density at radius 3 is 1.10 bits per heavy atom. The van der Waals surface area contributed by atoms with Gasteiger partial charge in [0.15, 0.2) is 31.1 Å². The summed E-state index contributed by atoms with van der Waals surface area (Å²) in [6.45, 7) is 36.4. The van der Waals surface area contributed by atoms with Gasteiger partial charge < -0.3 is 105 Å². The minimum Gasteiger partial charge on any atom is -0.388 e. The molecule has 10 rings (SSSR count). The molecule has 0 saturated carbocycles. The molecule has 8 aliphatic heterocycles. The highest BCUT2D eigenvalue weighted by Gasteiger charge is 2.57. The zero-order valence-electron chi connectivity index (χ0n) is 69.1. The lowest BCUT2D eigenvalue weighted by atomic mass is 9.94. The number of hydrogen-bond donors (Lipinski definition) is 15. The highest BCUT2D eigenvalue weighted by Crippen LogP contribution is 2.47. The van der Waals surface area contributed by atoms with Gasteiger partial charge in [-0.05, 0) is 170 Å². The summed E-state index contributed by atoms with van der Waals surface area (Å²) in [5.74, 6) is 0.115. The number of H-pyrrole nitrogens is 2. The first kappa shape index (κ1) is 98.1. The van der Waals surface area contributed by atoms with Gasteiger partial charge in [0.2, 0.25) is 0 Å². The summed E-state index contributed by atoms with van der Waals surface area (Å²) in [4.78, 5) is 90.9. The largest absolute Gasteiger partial charge is 0.388 e. The van der Waals surface area contributed by atoms with Crippen molar-refractivity contribution in [2.75, 3.05) is 97.5 Å². The fraction of sp³-hybridized carbons (Fsp3) is 0.615. The van der Waals surface area contributed by atoms with Crippen molar-refractivity contribution in [1.82, 2.24) is 49.8 Å². The van der Waals surface area contributed by atoms with E-state index < -0.39 is 178 Å². The van der Waals surface area contributed by atoms with Gasteiger partial charge in [-0.2, -0.15) is 0 Å². The average Bonchev–Trinajstić information content (AvgIpc) is 1.35. The Morgan fingerprint density at radius 1 is 0.452 bits per heavy atom. The molecule has 10 heterocycles. The van der Waals surface area contributed by atoms with Crippen molar-refractivity contribution in [3.63, 3.8) is 0 Å². The second-order valence-corrected chi connectivity index (χ2v) is 56.2. The fourth-order valence-corrected chi connectivity index (χ4v) is 18.4. The minimum atomic E-state index is -1.47. The SMILES string of the molecule is C=C1NC(=O)C=CN1[C@@H]1O[C@H](CCP(=C)(C)C)[C@@H](O)[C@@]1(C)O.C=C1NC(=O)C=CN1[C@@H]1O[C@H](CCP(=C)(C)C)[C@@H](O)[C@]1(C)O.C=C1NC(=O)C=CN1[C@@H]1O[C@](C)(CCP(=C)(C)C)[C@@H](O)[C@H]1O.C=CCCc1cn(C2O[C@H](CCP(=C)(C)C)[C@@H](O)[C@H]2O)c(=O)[nH]c1=O.C=P(C)(C)CC[C@H]1OC(n2cc(CCC)c(=O)[nH]c2=O)[C@H](O)[C@@H]1O. The first-order valence-electron chi connectivity index (χ1n) is 38.1. The Bertz CT molecular complexity index is 4350. The van der Waals surface area contributed by atoms with Gasteiger partial charge >= 0.3 is 11.4 Å². The molecule has 8 aliphatic rings. The Hall–Kier alpha value is -5.75. The van der Waals surface area contributed by atoms with E-state index in [-0.39, 0.29) is 17.7 Å². The number of aliphatic hydroxyl groups excluding tert-OH is 8. The molecule has 115 heavy (non-hydrogen) atoms. The predicted octanol–water partition coefficient (Wildman–Crippen LogP) is 1.60. The minimum absolute atomic E-state index is 0.277. The van der Waals surface area contributed by atoms with Crippen molar-refractivity contribution in [3.8, 4) is 0 Å². The highest BCUT2D eigenvalue weighted by atomic mass is 31.2. The maximum atomic E-state index is 12.1. The second-order valence-electron chi connectivity index (χ2n) is 34.6. The van der Waals surface area contributed by atoms with Crippen molar-refractivity contribution >= 4 is 83.6 Å². The van der Waals surface area contributed by atoms with Crippen LogP contribution in [0.1, 0.15) is 96.2 Å². The molecule has 37 heteroatoms. The van der Waals surface area contributed by atoms with Crippen LogP contribution in [0.25, 0.3) is 0 Å². The van der Waals surface area contributed by atoms with Gasteiger partial charge in [-0.1, -0.05) is 39.2 Å². The molecule has 0 radical (unpaired) electrons. The number of rotatable bonds is 25. The van der Waals surface area contributed by atoms with Gasteiger partial charge in [-0.3, -0.25) is 43.1 Å². The molecule has 3 amide bonds. The summed E-state index contributed by atoms with van der Waals surface area (Å²) >= 11 is 0. The van der Waals surface area contributed by atoms with Crippen LogP contribution in [0, 0.1) is 0 Å². The van der Waals surface area contributed by atoms with E-state index >= 15 is 0 Å². The number of aromatic nitrogens is 4. The van der Waals surface area contributed by atoms with Crippen LogP contribution in [0.5, 0.6) is 0 Å². The van der Waals surface area contributed by atoms with E-state index in [0.717, 1.165) is 41.8 Å². The molecule has 0 spiro atoms. The summed E-state index contributed by atoms with van der Waals surface area (Å²) < 4.78 is 31.6. The van der Waals surface area contributed by atoms with Crippen LogP contribution >= 0.6 is 34.4 Å². The zero-order valence-corrected chi connectivity index (χ0v) is 73.6. The number of allylic oxidation sites excluding steroid dienone is 1. The number of hydrogen-bond acceptors (Lipinski definition) is 25. The van der Waals surface area contributed by atoms with Crippen LogP contribution in [0.15, 0.2) is 118 Å². The van der Waals surface area contributed by atoms with Gasteiger partial charge in [0, 0.05) is 60.3 Å². The fourth-order valence-electron chi connectivity index (χ4n) is 13.6. The molecule has 2 unspecified atom stereocenters. The first-order chi connectivity index (χ1) is 52.8. The molecule has 0 bridgehead atoms. The lowest BCUT2D eigenvalue weighted by Crippen LogP contribution is -2.53. The first-order valence-corrected chi connectivity index (χ1v) is 53.4.